The fourth-order valence-electron chi connectivity index (χ4n) is 2.10. The van der Waals surface area contributed by atoms with Gasteiger partial charge in [0.15, 0.2) is 0 Å². The molecule has 1 atom stereocenters. The lowest BCUT2D eigenvalue weighted by Gasteiger charge is -2.22. The Morgan fingerprint density at radius 1 is 1.48 bits per heavy atom. The zero-order valence-corrected chi connectivity index (χ0v) is 13.6. The third-order valence-electron chi connectivity index (χ3n) is 3.29. The van der Waals surface area contributed by atoms with Crippen LogP contribution in [0.2, 0.25) is 5.02 Å². The summed E-state index contributed by atoms with van der Waals surface area (Å²) in [7, 11) is 1.56. The Labute approximate surface area is 139 Å². The van der Waals surface area contributed by atoms with E-state index < -0.39 is 6.10 Å². The zero-order valence-electron chi connectivity index (χ0n) is 12.9. The molecular formula is C15H20ClN3O4. The fraction of sp³-hybridized carbons (Fsp3) is 0.467. The molecule has 1 heterocycles. The minimum absolute atomic E-state index is 0.245. The van der Waals surface area contributed by atoms with Crippen molar-refractivity contribution in [2.24, 2.45) is 0 Å². The van der Waals surface area contributed by atoms with Crippen LogP contribution >= 0.6 is 11.6 Å². The SMILES string of the molecule is COCCNC(=O)c1ccc(NC(=O)C2CNCCO2)cc1Cl. The standard InChI is InChI=1S/C15H20ClN3O4/c1-22-6-5-18-14(20)11-3-2-10(8-12(11)16)19-15(21)13-9-17-4-7-23-13/h2-3,8,13,17H,4-7,9H2,1H3,(H,18,20)(H,19,21). The quantitative estimate of drug-likeness (QED) is 0.661. The van der Waals surface area contributed by atoms with Crippen LogP contribution in [-0.2, 0) is 14.3 Å². The molecule has 1 aliphatic heterocycles. The van der Waals surface area contributed by atoms with Gasteiger partial charge in [-0.25, -0.2) is 0 Å². The lowest BCUT2D eigenvalue weighted by Crippen LogP contribution is -2.45. The molecule has 1 unspecified atom stereocenters. The minimum atomic E-state index is -0.528. The second-order valence-electron chi connectivity index (χ2n) is 5.00. The van der Waals surface area contributed by atoms with E-state index in [0.717, 1.165) is 6.54 Å². The molecule has 0 aromatic heterocycles. The van der Waals surface area contributed by atoms with Gasteiger partial charge >= 0.3 is 0 Å². The Bertz CT molecular complexity index is 562. The monoisotopic (exact) mass is 341 g/mol. The summed E-state index contributed by atoms with van der Waals surface area (Å²) in [6, 6.07) is 4.74. The highest BCUT2D eigenvalue weighted by Crippen LogP contribution is 2.21. The molecular weight excluding hydrogens is 322 g/mol. The van der Waals surface area contributed by atoms with Crippen molar-refractivity contribution in [3.63, 3.8) is 0 Å². The van der Waals surface area contributed by atoms with E-state index in [-0.39, 0.29) is 16.8 Å². The van der Waals surface area contributed by atoms with Crippen LogP contribution in [0.4, 0.5) is 5.69 Å². The number of hydrogen-bond acceptors (Lipinski definition) is 5. The van der Waals surface area contributed by atoms with Crippen LogP contribution in [0.25, 0.3) is 0 Å². The molecule has 1 aromatic carbocycles. The number of halogens is 1. The van der Waals surface area contributed by atoms with Crippen molar-refractivity contribution in [2.45, 2.75) is 6.10 Å². The number of amides is 2. The smallest absolute Gasteiger partial charge is 0.254 e. The van der Waals surface area contributed by atoms with Gasteiger partial charge in [-0.2, -0.15) is 0 Å². The first-order chi connectivity index (χ1) is 11.1. The van der Waals surface area contributed by atoms with E-state index in [1.165, 1.54) is 0 Å². The predicted molar refractivity (Wildman–Crippen MR) is 86.9 cm³/mol. The van der Waals surface area contributed by atoms with Crippen molar-refractivity contribution in [1.29, 1.82) is 0 Å². The molecule has 23 heavy (non-hydrogen) atoms. The molecule has 2 amide bonds. The highest BCUT2D eigenvalue weighted by Gasteiger charge is 2.22. The first-order valence-corrected chi connectivity index (χ1v) is 7.69. The molecule has 0 aliphatic carbocycles. The van der Waals surface area contributed by atoms with E-state index in [4.69, 9.17) is 21.1 Å². The lowest BCUT2D eigenvalue weighted by molar-refractivity contribution is -0.128. The van der Waals surface area contributed by atoms with E-state index in [1.54, 1.807) is 25.3 Å². The molecule has 0 radical (unpaired) electrons. The number of morpholine rings is 1. The molecule has 8 heteroatoms. The van der Waals surface area contributed by atoms with Crippen LogP contribution in [0, 0.1) is 0 Å². The van der Waals surface area contributed by atoms with Crippen molar-refractivity contribution in [3.8, 4) is 0 Å². The van der Waals surface area contributed by atoms with Gasteiger partial charge in [-0.1, -0.05) is 11.6 Å². The third-order valence-corrected chi connectivity index (χ3v) is 3.61. The van der Waals surface area contributed by atoms with Crippen LogP contribution in [0.5, 0.6) is 0 Å². The van der Waals surface area contributed by atoms with Crippen LogP contribution in [0.15, 0.2) is 18.2 Å². The summed E-state index contributed by atoms with van der Waals surface area (Å²) < 4.78 is 10.2. The summed E-state index contributed by atoms with van der Waals surface area (Å²) in [6.07, 6.45) is -0.528. The molecule has 0 bridgehead atoms. The van der Waals surface area contributed by atoms with E-state index in [1.807, 2.05) is 0 Å². The number of ether oxygens (including phenoxy) is 2. The predicted octanol–water partition coefficient (Wildman–Crippen LogP) is 0.643. The maximum absolute atomic E-state index is 12.1. The Morgan fingerprint density at radius 2 is 2.30 bits per heavy atom. The molecule has 1 aliphatic rings. The minimum Gasteiger partial charge on any atom is -0.383 e. The summed E-state index contributed by atoms with van der Waals surface area (Å²) >= 11 is 6.12. The second kappa shape index (κ2) is 8.83. The van der Waals surface area contributed by atoms with Crippen molar-refractivity contribution in [2.75, 3.05) is 45.3 Å². The number of methoxy groups -OCH3 is 1. The molecule has 1 fully saturated rings. The normalized spacial score (nSPS) is 17.6. The molecule has 3 N–H and O–H groups in total. The maximum atomic E-state index is 12.1. The first kappa shape index (κ1) is 17.7. The number of carbonyl (C=O) groups excluding carboxylic acids is 2. The van der Waals surface area contributed by atoms with Crippen molar-refractivity contribution in [1.82, 2.24) is 10.6 Å². The Balaban J connectivity index is 1.95. The molecule has 126 valence electrons. The van der Waals surface area contributed by atoms with E-state index >= 15 is 0 Å². The van der Waals surface area contributed by atoms with Gasteiger partial charge in [0.2, 0.25) is 0 Å². The maximum Gasteiger partial charge on any atom is 0.254 e. The van der Waals surface area contributed by atoms with Crippen LogP contribution in [-0.4, -0.2) is 57.9 Å². The van der Waals surface area contributed by atoms with E-state index in [0.29, 0.717) is 37.6 Å². The number of nitrogens with one attached hydrogen (secondary N) is 3. The number of hydrogen-bond donors (Lipinski definition) is 3. The largest absolute Gasteiger partial charge is 0.383 e. The van der Waals surface area contributed by atoms with Gasteiger partial charge in [0.1, 0.15) is 6.10 Å². The zero-order chi connectivity index (χ0) is 16.7. The van der Waals surface area contributed by atoms with E-state index in [2.05, 4.69) is 16.0 Å². The van der Waals surface area contributed by atoms with Gasteiger partial charge in [-0.3, -0.25) is 9.59 Å². The third kappa shape index (κ3) is 5.18. The van der Waals surface area contributed by atoms with Gasteiger partial charge in [0, 0.05) is 32.4 Å². The highest BCUT2D eigenvalue weighted by molar-refractivity contribution is 6.34. The highest BCUT2D eigenvalue weighted by atomic mass is 35.5. The topological polar surface area (TPSA) is 88.7 Å². The van der Waals surface area contributed by atoms with Crippen molar-refractivity contribution in [3.05, 3.63) is 28.8 Å². The Hall–Kier alpha value is -1.67. The van der Waals surface area contributed by atoms with Gasteiger partial charge in [0.25, 0.3) is 11.8 Å². The average molecular weight is 342 g/mol. The molecule has 0 spiro atoms. The van der Waals surface area contributed by atoms with Crippen LogP contribution < -0.4 is 16.0 Å². The summed E-state index contributed by atoms with van der Waals surface area (Å²) in [5, 5.41) is 8.77. The van der Waals surface area contributed by atoms with Gasteiger partial charge in [0.05, 0.1) is 23.8 Å². The molecule has 2 rings (SSSR count). The van der Waals surface area contributed by atoms with Crippen LogP contribution in [0.1, 0.15) is 10.4 Å². The molecule has 7 nitrogen and oxygen atoms in total. The van der Waals surface area contributed by atoms with E-state index in [9.17, 15) is 9.59 Å². The van der Waals surface area contributed by atoms with Gasteiger partial charge < -0.3 is 25.4 Å². The Morgan fingerprint density at radius 3 is 2.96 bits per heavy atom. The van der Waals surface area contributed by atoms with Crippen molar-refractivity contribution < 1.29 is 19.1 Å². The van der Waals surface area contributed by atoms with Crippen molar-refractivity contribution >= 4 is 29.1 Å². The number of benzene rings is 1. The van der Waals surface area contributed by atoms with Gasteiger partial charge in [-0.05, 0) is 18.2 Å². The van der Waals surface area contributed by atoms with Gasteiger partial charge in [-0.15, -0.1) is 0 Å². The Kier molecular flexibility index (Phi) is 6.79. The summed E-state index contributed by atoms with van der Waals surface area (Å²) in [4.78, 5) is 24.0. The summed E-state index contributed by atoms with van der Waals surface area (Å²) in [5.41, 5.74) is 0.860. The lowest BCUT2D eigenvalue weighted by atomic mass is 10.2. The number of anilines is 1. The average Bonchev–Trinajstić information content (AvgIpc) is 2.56. The number of rotatable bonds is 6. The molecule has 1 saturated heterocycles. The van der Waals surface area contributed by atoms with Crippen LogP contribution in [0.3, 0.4) is 0 Å². The fourth-order valence-corrected chi connectivity index (χ4v) is 2.36. The molecule has 0 saturated carbocycles. The second-order valence-corrected chi connectivity index (χ2v) is 5.40. The summed E-state index contributed by atoms with van der Waals surface area (Å²) in [6.45, 7) is 2.53. The first-order valence-electron chi connectivity index (χ1n) is 7.31. The number of carbonyl (C=O) groups is 2. The summed E-state index contributed by atoms with van der Waals surface area (Å²) in [5.74, 6) is -0.532. The molecule has 1 aromatic rings.